The molecule has 0 fully saturated rings. The van der Waals surface area contributed by atoms with Crippen LogP contribution in [-0.4, -0.2) is 151 Å². The largest absolute Gasteiger partial charge is 0.466 e. The standard InChI is InChI=1S/C30H60O2.4C3H8O3/c1-3-5-7-9-11-13-15-16-17-18-19-20-22-24-26-28-30(31)32-29-27-25-23-21-14-12-10-8-6-4-2;4*4-1-3(6)2-5/h3-29H2,1-2H3;4*3-6H,1-2H2. The van der Waals surface area contributed by atoms with Crippen molar-refractivity contribution in [2.24, 2.45) is 0 Å². The van der Waals surface area contributed by atoms with Gasteiger partial charge in [-0.1, -0.05) is 162 Å². The second-order valence-electron chi connectivity index (χ2n) is 14.2. The van der Waals surface area contributed by atoms with Gasteiger partial charge < -0.3 is 66.0 Å². The zero-order chi connectivity index (χ0) is 43.3. The van der Waals surface area contributed by atoms with Gasteiger partial charge in [0.25, 0.3) is 0 Å². The molecule has 0 rings (SSSR count). The molecule has 14 nitrogen and oxygen atoms in total. The first kappa shape index (κ1) is 64.1. The summed E-state index contributed by atoms with van der Waals surface area (Å²) in [6, 6.07) is 0. The van der Waals surface area contributed by atoms with E-state index in [4.69, 9.17) is 66.0 Å². The Morgan fingerprint density at radius 3 is 0.732 bits per heavy atom. The van der Waals surface area contributed by atoms with Crippen LogP contribution in [-0.2, 0) is 9.53 Å². The molecule has 0 aromatic carbocycles. The molecule has 0 aliphatic heterocycles. The number of ether oxygens (including phenoxy) is 1. The molecule has 0 bridgehead atoms. The third-order valence-corrected chi connectivity index (χ3v) is 8.43. The Bertz CT molecular complexity index is 607. The van der Waals surface area contributed by atoms with Crippen LogP contribution in [0.4, 0.5) is 0 Å². The Hall–Kier alpha value is -1.01. The number of esters is 1. The van der Waals surface area contributed by atoms with E-state index in [9.17, 15) is 4.79 Å². The predicted octanol–water partition coefficient (Wildman–Crippen LogP) is 4.04. The van der Waals surface area contributed by atoms with E-state index in [0.29, 0.717) is 13.0 Å². The normalized spacial score (nSPS) is 10.7. The van der Waals surface area contributed by atoms with Crippen LogP contribution in [0.15, 0.2) is 0 Å². The minimum atomic E-state index is -0.954. The van der Waals surface area contributed by atoms with Gasteiger partial charge in [0, 0.05) is 6.42 Å². The molecule has 0 saturated heterocycles. The van der Waals surface area contributed by atoms with Crippen LogP contribution < -0.4 is 0 Å². The molecule has 0 aromatic rings. The van der Waals surface area contributed by atoms with Crippen molar-refractivity contribution < 1.29 is 70.8 Å². The van der Waals surface area contributed by atoms with E-state index in [1.54, 1.807) is 0 Å². The van der Waals surface area contributed by atoms with Gasteiger partial charge in [-0.2, -0.15) is 0 Å². The monoisotopic (exact) mass is 821 g/mol. The van der Waals surface area contributed by atoms with Crippen LogP contribution >= 0.6 is 0 Å². The first-order chi connectivity index (χ1) is 27.0. The zero-order valence-corrected chi connectivity index (χ0v) is 35.7. The first-order valence-corrected chi connectivity index (χ1v) is 21.8. The number of aliphatic hydroxyl groups is 12. The molecule has 0 radical (unpaired) electrons. The van der Waals surface area contributed by atoms with Crippen molar-refractivity contribution in [3.05, 3.63) is 0 Å². The number of carbonyl (C=O) groups excluding carboxylic acids is 1. The average Bonchev–Trinajstić information content (AvgIpc) is 3.23. The van der Waals surface area contributed by atoms with Crippen LogP contribution in [0, 0.1) is 0 Å². The fourth-order valence-electron chi connectivity index (χ4n) is 4.72. The molecule has 12 N–H and O–H groups in total. The Kier molecular flexibility index (Phi) is 69.5. The summed E-state index contributed by atoms with van der Waals surface area (Å²) in [5.74, 6) is 0.0237. The lowest BCUT2D eigenvalue weighted by Gasteiger charge is -2.06. The maximum Gasteiger partial charge on any atom is 0.305 e. The van der Waals surface area contributed by atoms with E-state index in [-0.39, 0.29) is 58.8 Å². The van der Waals surface area contributed by atoms with Gasteiger partial charge in [0.15, 0.2) is 0 Å². The summed E-state index contributed by atoms with van der Waals surface area (Å²) in [5.41, 5.74) is 0. The smallest absolute Gasteiger partial charge is 0.305 e. The minimum Gasteiger partial charge on any atom is -0.466 e. The molecule has 56 heavy (non-hydrogen) atoms. The van der Waals surface area contributed by atoms with Gasteiger partial charge in [0.2, 0.25) is 0 Å². The number of unbranched alkanes of at least 4 members (excludes halogenated alkanes) is 23. The number of hydrogen-bond donors (Lipinski definition) is 12. The van der Waals surface area contributed by atoms with Crippen molar-refractivity contribution in [3.8, 4) is 0 Å². The summed E-state index contributed by atoms with van der Waals surface area (Å²) in [6.07, 6.45) is 30.4. The summed E-state index contributed by atoms with van der Waals surface area (Å²) in [5, 5.41) is 96.1. The zero-order valence-electron chi connectivity index (χ0n) is 35.7. The van der Waals surface area contributed by atoms with E-state index >= 15 is 0 Å². The molecule has 0 amide bonds. The fourth-order valence-corrected chi connectivity index (χ4v) is 4.72. The number of aliphatic hydroxyl groups excluding tert-OH is 12. The van der Waals surface area contributed by atoms with Crippen molar-refractivity contribution in [3.63, 3.8) is 0 Å². The highest BCUT2D eigenvalue weighted by Crippen LogP contribution is 2.14. The number of rotatable bonds is 35. The second kappa shape index (κ2) is 60.7. The van der Waals surface area contributed by atoms with Crippen molar-refractivity contribution in [1.82, 2.24) is 0 Å². The van der Waals surface area contributed by atoms with E-state index in [1.807, 2.05) is 0 Å². The number of hydrogen-bond acceptors (Lipinski definition) is 14. The Labute approximate surface area is 341 Å². The molecule has 0 spiro atoms. The lowest BCUT2D eigenvalue weighted by atomic mass is 10.0. The van der Waals surface area contributed by atoms with Gasteiger partial charge in [-0.3, -0.25) is 4.79 Å². The van der Waals surface area contributed by atoms with Crippen molar-refractivity contribution in [2.45, 2.75) is 205 Å². The molecule has 0 atom stereocenters. The van der Waals surface area contributed by atoms with Crippen LogP contribution in [0.5, 0.6) is 0 Å². The van der Waals surface area contributed by atoms with E-state index < -0.39 is 24.4 Å². The van der Waals surface area contributed by atoms with Gasteiger partial charge in [0.1, 0.15) is 24.4 Å². The van der Waals surface area contributed by atoms with Gasteiger partial charge in [-0.25, -0.2) is 0 Å². The Morgan fingerprint density at radius 1 is 0.339 bits per heavy atom. The Morgan fingerprint density at radius 2 is 0.536 bits per heavy atom. The van der Waals surface area contributed by atoms with Gasteiger partial charge in [0.05, 0.1) is 59.5 Å². The fraction of sp³-hybridized carbons (Fsp3) is 0.976. The van der Waals surface area contributed by atoms with Crippen LogP contribution in [0.1, 0.15) is 181 Å². The first-order valence-electron chi connectivity index (χ1n) is 21.8. The van der Waals surface area contributed by atoms with Gasteiger partial charge in [-0.15, -0.1) is 0 Å². The second-order valence-corrected chi connectivity index (χ2v) is 14.2. The third kappa shape index (κ3) is 70.8. The molecule has 0 heterocycles. The number of carbonyl (C=O) groups is 1. The molecule has 0 aliphatic rings. The maximum atomic E-state index is 11.8. The summed E-state index contributed by atoms with van der Waals surface area (Å²) >= 11 is 0. The molecule has 0 aliphatic carbocycles. The van der Waals surface area contributed by atoms with Gasteiger partial charge in [-0.05, 0) is 12.8 Å². The lowest BCUT2D eigenvalue weighted by molar-refractivity contribution is -0.143. The van der Waals surface area contributed by atoms with Crippen LogP contribution in [0.25, 0.3) is 0 Å². The maximum absolute atomic E-state index is 11.8. The molecule has 0 unspecified atom stereocenters. The van der Waals surface area contributed by atoms with Crippen molar-refractivity contribution >= 4 is 5.97 Å². The molecule has 0 saturated carbocycles. The summed E-state index contributed by atoms with van der Waals surface area (Å²) < 4.78 is 5.39. The lowest BCUT2D eigenvalue weighted by Crippen LogP contribution is -2.15. The van der Waals surface area contributed by atoms with Crippen LogP contribution in [0.3, 0.4) is 0 Å². The highest BCUT2D eigenvalue weighted by Gasteiger charge is 2.03. The highest BCUT2D eigenvalue weighted by atomic mass is 16.5. The summed E-state index contributed by atoms with van der Waals surface area (Å²) in [4.78, 5) is 11.8. The van der Waals surface area contributed by atoms with E-state index in [2.05, 4.69) is 13.8 Å². The predicted molar refractivity (Wildman–Crippen MR) is 223 cm³/mol. The third-order valence-electron chi connectivity index (χ3n) is 8.43. The molecule has 344 valence electrons. The Balaban J connectivity index is -0.000000288. The summed E-state index contributed by atoms with van der Waals surface area (Å²) in [6.45, 7) is 2.27. The van der Waals surface area contributed by atoms with Crippen molar-refractivity contribution in [1.29, 1.82) is 0 Å². The quantitative estimate of drug-likeness (QED) is 0.0318. The van der Waals surface area contributed by atoms with Crippen LogP contribution in [0.2, 0.25) is 0 Å². The molecule has 14 heteroatoms. The molecular formula is C42H92O14. The minimum absolute atomic E-state index is 0.0237. The SMILES string of the molecule is CCCCCCCCCCCCCCCCCC(=O)OCCCCCCCCCCCC.OCC(O)CO.OCC(O)CO.OCC(O)CO.OCC(O)CO. The van der Waals surface area contributed by atoms with E-state index in [1.165, 1.54) is 148 Å². The summed E-state index contributed by atoms with van der Waals surface area (Å²) in [7, 11) is 0. The van der Waals surface area contributed by atoms with Crippen molar-refractivity contribution in [2.75, 3.05) is 59.5 Å². The highest BCUT2D eigenvalue weighted by molar-refractivity contribution is 5.69. The average molecular weight is 821 g/mol. The topological polar surface area (TPSA) is 269 Å². The molecular weight excluding hydrogens is 728 g/mol. The van der Waals surface area contributed by atoms with E-state index in [0.717, 1.165) is 12.8 Å². The van der Waals surface area contributed by atoms with Gasteiger partial charge >= 0.3 is 5.97 Å². The molecule has 0 aromatic heterocycles.